The van der Waals surface area contributed by atoms with Gasteiger partial charge in [0.25, 0.3) is 0 Å². The fraction of sp³-hybridized carbons (Fsp3) is 0.850. The highest BCUT2D eigenvalue weighted by Crippen LogP contribution is 2.34. The van der Waals surface area contributed by atoms with Gasteiger partial charge in [0.15, 0.2) is 0 Å². The second kappa shape index (κ2) is 7.17. The summed E-state index contributed by atoms with van der Waals surface area (Å²) in [7, 11) is 0. The van der Waals surface area contributed by atoms with Crippen LogP contribution in [0.1, 0.15) is 72.8 Å². The van der Waals surface area contributed by atoms with Gasteiger partial charge in [-0.05, 0) is 73.3 Å². The molecule has 1 aromatic heterocycles. The summed E-state index contributed by atoms with van der Waals surface area (Å²) >= 11 is 0. The topological polar surface area (TPSA) is 24.3 Å². The standard InChI is InChI=1S/C20H36N4/c1-16(22-12-9-21-15-22)13-18-7-6-10-23(18)17(2)14-19-8-11-24(19)20(3,4)5/h9,12,15-19H,6-8,10-11,13-14H2,1-5H3. The van der Waals surface area contributed by atoms with Crippen LogP contribution in [-0.4, -0.2) is 56.1 Å². The molecule has 0 aliphatic carbocycles. The van der Waals surface area contributed by atoms with Gasteiger partial charge in [-0.3, -0.25) is 9.80 Å². The Morgan fingerprint density at radius 2 is 1.79 bits per heavy atom. The highest BCUT2D eigenvalue weighted by atomic mass is 15.3. The average Bonchev–Trinajstić information content (AvgIpc) is 3.12. The molecule has 0 bridgehead atoms. The van der Waals surface area contributed by atoms with Crippen molar-refractivity contribution in [2.24, 2.45) is 0 Å². The molecule has 2 aliphatic heterocycles. The quantitative estimate of drug-likeness (QED) is 0.788. The Bertz CT molecular complexity index is 504. The lowest BCUT2D eigenvalue weighted by Gasteiger charge is -2.51. The number of hydrogen-bond donors (Lipinski definition) is 0. The Hall–Kier alpha value is -0.870. The maximum absolute atomic E-state index is 4.21. The van der Waals surface area contributed by atoms with Crippen LogP contribution in [0.2, 0.25) is 0 Å². The van der Waals surface area contributed by atoms with Gasteiger partial charge in [-0.15, -0.1) is 0 Å². The summed E-state index contributed by atoms with van der Waals surface area (Å²) in [6, 6.07) is 2.76. The van der Waals surface area contributed by atoms with Crippen LogP contribution in [0, 0.1) is 0 Å². The second-order valence-electron chi connectivity index (χ2n) is 9.02. The first-order valence-corrected chi connectivity index (χ1v) is 9.86. The minimum atomic E-state index is 0.322. The summed E-state index contributed by atoms with van der Waals surface area (Å²) in [5.74, 6) is 0. The first-order valence-electron chi connectivity index (χ1n) is 9.86. The van der Waals surface area contributed by atoms with E-state index in [2.05, 4.69) is 60.2 Å². The summed E-state index contributed by atoms with van der Waals surface area (Å²) < 4.78 is 2.26. The molecule has 3 heterocycles. The molecule has 0 amide bonds. The van der Waals surface area contributed by atoms with Gasteiger partial charge in [-0.2, -0.15) is 0 Å². The molecule has 4 heteroatoms. The van der Waals surface area contributed by atoms with Crippen molar-refractivity contribution in [1.29, 1.82) is 0 Å². The molecule has 2 fully saturated rings. The van der Waals surface area contributed by atoms with Gasteiger partial charge in [-0.25, -0.2) is 4.98 Å². The van der Waals surface area contributed by atoms with Crippen LogP contribution in [0.5, 0.6) is 0 Å². The summed E-state index contributed by atoms with van der Waals surface area (Å²) in [5, 5.41) is 0. The molecule has 2 saturated heterocycles. The van der Waals surface area contributed by atoms with E-state index < -0.39 is 0 Å². The molecule has 2 aliphatic rings. The number of nitrogens with zero attached hydrogens (tertiary/aromatic N) is 4. The Labute approximate surface area is 148 Å². The third-order valence-electron chi connectivity index (χ3n) is 6.25. The van der Waals surface area contributed by atoms with Gasteiger partial charge < -0.3 is 4.57 Å². The highest BCUT2D eigenvalue weighted by molar-refractivity contribution is 4.95. The van der Waals surface area contributed by atoms with Crippen LogP contribution < -0.4 is 0 Å². The van der Waals surface area contributed by atoms with Crippen molar-refractivity contribution in [2.45, 2.75) is 96.4 Å². The average molecular weight is 333 g/mol. The Morgan fingerprint density at radius 3 is 2.38 bits per heavy atom. The van der Waals surface area contributed by atoms with E-state index in [-0.39, 0.29) is 0 Å². The summed E-state index contributed by atoms with van der Waals surface area (Å²) in [6.07, 6.45) is 12.6. The van der Waals surface area contributed by atoms with Crippen LogP contribution in [0.15, 0.2) is 18.7 Å². The first-order chi connectivity index (χ1) is 11.4. The van der Waals surface area contributed by atoms with Crippen molar-refractivity contribution >= 4 is 0 Å². The lowest BCUT2D eigenvalue weighted by Crippen LogP contribution is -2.58. The zero-order chi connectivity index (χ0) is 17.3. The fourth-order valence-corrected chi connectivity index (χ4v) is 4.84. The maximum Gasteiger partial charge on any atom is 0.0948 e. The summed E-state index contributed by atoms with van der Waals surface area (Å²) in [6.45, 7) is 14.4. The molecule has 0 saturated carbocycles. The third kappa shape index (κ3) is 3.85. The SMILES string of the molecule is CC(CC1CCN1C(C)(C)C)N1CCCC1CC(C)n1ccnc1. The van der Waals surface area contributed by atoms with Crippen molar-refractivity contribution in [3.8, 4) is 0 Å². The number of hydrogen-bond acceptors (Lipinski definition) is 3. The number of likely N-dealkylation sites (tertiary alicyclic amines) is 2. The molecule has 4 atom stereocenters. The molecule has 3 rings (SSSR count). The molecule has 4 nitrogen and oxygen atoms in total. The molecule has 0 N–H and O–H groups in total. The van der Waals surface area contributed by atoms with Gasteiger partial charge in [0, 0.05) is 48.6 Å². The van der Waals surface area contributed by atoms with Crippen molar-refractivity contribution in [3.05, 3.63) is 18.7 Å². The van der Waals surface area contributed by atoms with Gasteiger partial charge in [-0.1, -0.05) is 0 Å². The van der Waals surface area contributed by atoms with Crippen LogP contribution >= 0.6 is 0 Å². The predicted octanol–water partition coefficient (Wildman–Crippen LogP) is 3.95. The first kappa shape index (κ1) is 17.9. The smallest absolute Gasteiger partial charge is 0.0948 e. The van der Waals surface area contributed by atoms with E-state index in [1.54, 1.807) is 0 Å². The number of imidazole rings is 1. The van der Waals surface area contributed by atoms with E-state index in [0.29, 0.717) is 17.6 Å². The summed E-state index contributed by atoms with van der Waals surface area (Å²) in [4.78, 5) is 9.70. The number of aromatic nitrogens is 2. The fourth-order valence-electron chi connectivity index (χ4n) is 4.84. The van der Waals surface area contributed by atoms with Gasteiger partial charge in [0.1, 0.15) is 0 Å². The lowest BCUT2D eigenvalue weighted by molar-refractivity contribution is -0.0168. The van der Waals surface area contributed by atoms with Crippen molar-refractivity contribution < 1.29 is 0 Å². The molecular weight excluding hydrogens is 296 g/mol. The Kier molecular flexibility index (Phi) is 5.36. The van der Waals surface area contributed by atoms with E-state index in [1.165, 1.54) is 45.2 Å². The van der Waals surface area contributed by atoms with E-state index in [0.717, 1.165) is 12.1 Å². The largest absolute Gasteiger partial charge is 0.335 e. The minimum absolute atomic E-state index is 0.322. The molecule has 0 spiro atoms. The lowest BCUT2D eigenvalue weighted by atomic mass is 9.89. The van der Waals surface area contributed by atoms with Crippen molar-refractivity contribution in [1.82, 2.24) is 19.4 Å². The minimum Gasteiger partial charge on any atom is -0.335 e. The van der Waals surface area contributed by atoms with E-state index in [9.17, 15) is 0 Å². The predicted molar refractivity (Wildman–Crippen MR) is 100 cm³/mol. The third-order valence-corrected chi connectivity index (χ3v) is 6.25. The molecular formula is C20H36N4. The summed E-state index contributed by atoms with van der Waals surface area (Å²) in [5.41, 5.74) is 0.322. The van der Waals surface area contributed by atoms with E-state index in [4.69, 9.17) is 0 Å². The molecule has 1 aromatic rings. The second-order valence-corrected chi connectivity index (χ2v) is 9.02. The zero-order valence-electron chi connectivity index (χ0n) is 16.3. The molecule has 0 radical (unpaired) electrons. The molecule has 0 aromatic carbocycles. The molecule has 136 valence electrons. The van der Waals surface area contributed by atoms with Gasteiger partial charge in [0.2, 0.25) is 0 Å². The van der Waals surface area contributed by atoms with Gasteiger partial charge >= 0.3 is 0 Å². The normalized spacial score (nSPS) is 28.7. The van der Waals surface area contributed by atoms with Crippen molar-refractivity contribution in [3.63, 3.8) is 0 Å². The van der Waals surface area contributed by atoms with Crippen LogP contribution in [0.4, 0.5) is 0 Å². The van der Waals surface area contributed by atoms with Crippen LogP contribution in [0.3, 0.4) is 0 Å². The van der Waals surface area contributed by atoms with E-state index >= 15 is 0 Å². The monoisotopic (exact) mass is 332 g/mol. The molecule has 24 heavy (non-hydrogen) atoms. The van der Waals surface area contributed by atoms with Crippen LogP contribution in [0.25, 0.3) is 0 Å². The van der Waals surface area contributed by atoms with Crippen LogP contribution in [-0.2, 0) is 0 Å². The Balaban J connectivity index is 1.55. The van der Waals surface area contributed by atoms with Crippen molar-refractivity contribution in [2.75, 3.05) is 13.1 Å². The zero-order valence-corrected chi connectivity index (χ0v) is 16.3. The highest BCUT2D eigenvalue weighted by Gasteiger charge is 2.38. The molecule has 4 unspecified atom stereocenters. The Morgan fingerprint density at radius 1 is 1.04 bits per heavy atom. The number of rotatable bonds is 6. The van der Waals surface area contributed by atoms with E-state index in [1.807, 2.05) is 12.5 Å². The van der Waals surface area contributed by atoms with Gasteiger partial charge in [0.05, 0.1) is 6.33 Å². The maximum atomic E-state index is 4.21.